The molecule has 1 aliphatic carbocycles. The van der Waals surface area contributed by atoms with Crippen molar-refractivity contribution in [2.24, 2.45) is 0 Å². The molecule has 0 N–H and O–H groups in total. The first kappa shape index (κ1) is 32.5. The number of benzene rings is 9. The van der Waals surface area contributed by atoms with E-state index in [2.05, 4.69) is 199 Å². The van der Waals surface area contributed by atoms with Crippen molar-refractivity contribution in [3.8, 4) is 33.9 Å². The van der Waals surface area contributed by atoms with Crippen molar-refractivity contribution in [3.63, 3.8) is 0 Å². The molecule has 1 aliphatic rings. The summed E-state index contributed by atoms with van der Waals surface area (Å²) in [5, 5.41) is 10.8. The highest BCUT2D eigenvalue weighted by atomic mass is 15.2. The molecule has 0 fully saturated rings. The first-order valence-corrected chi connectivity index (χ1v) is 20.4. The molecule has 3 aromatic heterocycles. The quantitative estimate of drug-likeness (QED) is 0.169. The van der Waals surface area contributed by atoms with Crippen molar-refractivity contribution >= 4 is 76.1 Å². The maximum Gasteiger partial charge on any atom is 0.235 e. The van der Waals surface area contributed by atoms with E-state index in [1.807, 2.05) is 6.20 Å². The number of hydrogen-bond donors (Lipinski definition) is 0. The molecule has 4 heteroatoms. The maximum absolute atomic E-state index is 5.38. The lowest BCUT2D eigenvalue weighted by Crippen LogP contribution is -2.15. The number of rotatable bonds is 3. The highest BCUT2D eigenvalue weighted by Crippen LogP contribution is 2.53. The van der Waals surface area contributed by atoms with E-state index in [1.54, 1.807) is 0 Å². The van der Waals surface area contributed by atoms with Crippen LogP contribution in [0.25, 0.3) is 110 Å². The molecule has 0 saturated heterocycles. The lowest BCUT2D eigenvalue weighted by Gasteiger charge is -2.23. The highest BCUT2D eigenvalue weighted by Gasteiger charge is 2.38. The predicted octanol–water partition coefficient (Wildman–Crippen LogP) is 14.1. The third-order valence-electron chi connectivity index (χ3n) is 13.1. The van der Waals surface area contributed by atoms with Gasteiger partial charge in [0.2, 0.25) is 5.95 Å². The van der Waals surface area contributed by atoms with Gasteiger partial charge in [0.25, 0.3) is 0 Å². The molecule has 9 aromatic carbocycles. The Morgan fingerprint density at radius 2 is 1.02 bits per heavy atom. The van der Waals surface area contributed by atoms with Crippen LogP contribution >= 0.6 is 0 Å². The maximum atomic E-state index is 5.38. The molecule has 0 amide bonds. The minimum absolute atomic E-state index is 0.207. The van der Waals surface area contributed by atoms with Crippen LogP contribution in [0.2, 0.25) is 0 Å². The summed E-state index contributed by atoms with van der Waals surface area (Å²) in [5.41, 5.74) is 14.2. The summed E-state index contributed by atoms with van der Waals surface area (Å²) in [4.78, 5) is 10.5. The van der Waals surface area contributed by atoms with Crippen LogP contribution in [-0.2, 0) is 5.41 Å². The van der Waals surface area contributed by atoms with Gasteiger partial charge in [0.1, 0.15) is 0 Å². The van der Waals surface area contributed by atoms with Crippen molar-refractivity contribution in [1.29, 1.82) is 0 Å². The van der Waals surface area contributed by atoms with Gasteiger partial charge in [-0.1, -0.05) is 135 Å². The topological polar surface area (TPSA) is 35.6 Å². The van der Waals surface area contributed by atoms with E-state index in [-0.39, 0.29) is 5.41 Å². The summed E-state index contributed by atoms with van der Waals surface area (Å²) >= 11 is 0. The Morgan fingerprint density at radius 3 is 1.81 bits per heavy atom. The fourth-order valence-electron chi connectivity index (χ4n) is 10.4. The zero-order valence-corrected chi connectivity index (χ0v) is 32.6. The van der Waals surface area contributed by atoms with Crippen molar-refractivity contribution in [2.75, 3.05) is 0 Å². The van der Waals surface area contributed by atoms with Gasteiger partial charge in [-0.3, -0.25) is 4.57 Å². The Labute approximate surface area is 340 Å². The number of fused-ring (bicyclic) bond motifs is 14. The van der Waals surface area contributed by atoms with Crippen LogP contribution in [-0.4, -0.2) is 19.1 Å². The minimum Gasteiger partial charge on any atom is -0.309 e. The van der Waals surface area contributed by atoms with E-state index >= 15 is 0 Å². The smallest absolute Gasteiger partial charge is 0.235 e. The highest BCUT2D eigenvalue weighted by molar-refractivity contribution is 6.15. The van der Waals surface area contributed by atoms with Gasteiger partial charge in [-0.05, 0) is 104 Å². The monoisotopic (exact) mass is 752 g/mol. The second kappa shape index (κ2) is 11.7. The van der Waals surface area contributed by atoms with Crippen LogP contribution in [0.15, 0.2) is 182 Å². The molecule has 13 rings (SSSR count). The van der Waals surface area contributed by atoms with Crippen LogP contribution in [0.1, 0.15) is 25.0 Å². The van der Waals surface area contributed by atoms with E-state index in [1.165, 1.54) is 82.1 Å². The Kier molecular flexibility index (Phi) is 6.48. The van der Waals surface area contributed by atoms with E-state index in [9.17, 15) is 0 Å². The number of para-hydroxylation sites is 2. The summed E-state index contributed by atoms with van der Waals surface area (Å²) < 4.78 is 4.67. The summed E-state index contributed by atoms with van der Waals surface area (Å²) in [6.07, 6.45) is 1.98. The van der Waals surface area contributed by atoms with Gasteiger partial charge in [-0.15, -0.1) is 0 Å². The molecule has 12 aromatic rings. The fourth-order valence-corrected chi connectivity index (χ4v) is 10.4. The molecule has 0 aliphatic heterocycles. The van der Waals surface area contributed by atoms with Crippen LogP contribution in [0, 0.1) is 0 Å². The molecule has 0 unspecified atom stereocenters. The molecular formula is C55H36N4. The van der Waals surface area contributed by atoms with Gasteiger partial charge in [0.15, 0.2) is 0 Å². The Balaban J connectivity index is 1.08. The largest absolute Gasteiger partial charge is 0.309 e. The van der Waals surface area contributed by atoms with Crippen molar-refractivity contribution in [1.82, 2.24) is 19.1 Å². The average molecular weight is 753 g/mol. The summed E-state index contributed by atoms with van der Waals surface area (Å²) in [6.45, 7) is 4.76. The first-order chi connectivity index (χ1) is 29.0. The van der Waals surface area contributed by atoms with Gasteiger partial charge < -0.3 is 4.57 Å². The Bertz CT molecular complexity index is 3750. The van der Waals surface area contributed by atoms with Gasteiger partial charge in [-0.2, -0.15) is 0 Å². The SMILES string of the molecule is CC1(C)c2cc3c(cc2-c2ccc4ccccc4c21)c1cc(-c2ccc4c(c2)c2ccccc2n4-c2ccccc2)ccc1n3-c1ncc2ccc3ccccc3c2n1. The second-order valence-corrected chi connectivity index (χ2v) is 16.6. The van der Waals surface area contributed by atoms with Crippen molar-refractivity contribution in [2.45, 2.75) is 19.3 Å². The van der Waals surface area contributed by atoms with Crippen LogP contribution in [0.4, 0.5) is 0 Å². The molecule has 3 heterocycles. The van der Waals surface area contributed by atoms with E-state index < -0.39 is 0 Å². The summed E-state index contributed by atoms with van der Waals surface area (Å²) in [6, 6.07) is 64.4. The van der Waals surface area contributed by atoms with E-state index in [0.717, 1.165) is 33.0 Å². The standard InChI is InChI=1S/C55H36N4/c1-55(2)47-31-51-46(30-43(47)42-25-22-33-12-6-8-16-39(33)52(42)55)45-29-36(24-27-50(45)59(51)54-56-32-37-21-20-34-13-7-9-17-40(34)53(37)57-54)35-23-26-49-44(28-35)41-18-10-11-19-48(41)58(49)38-14-4-3-5-15-38/h3-32H,1-2H3. The number of nitrogens with zero attached hydrogens (tertiary/aromatic N) is 4. The molecule has 276 valence electrons. The van der Waals surface area contributed by atoms with E-state index in [0.29, 0.717) is 5.95 Å². The normalized spacial score (nSPS) is 13.4. The lowest BCUT2D eigenvalue weighted by atomic mass is 9.80. The molecular weight excluding hydrogens is 717 g/mol. The summed E-state index contributed by atoms with van der Waals surface area (Å²) in [7, 11) is 0. The van der Waals surface area contributed by atoms with Gasteiger partial charge in [0.05, 0.1) is 27.6 Å². The number of aromatic nitrogens is 4. The summed E-state index contributed by atoms with van der Waals surface area (Å²) in [5.74, 6) is 0.676. The Hall–Kier alpha value is -7.56. The zero-order valence-electron chi connectivity index (χ0n) is 32.6. The second-order valence-electron chi connectivity index (χ2n) is 16.6. The zero-order chi connectivity index (χ0) is 39.0. The van der Waals surface area contributed by atoms with Crippen LogP contribution in [0.3, 0.4) is 0 Å². The third kappa shape index (κ3) is 4.49. The predicted molar refractivity (Wildman–Crippen MR) is 246 cm³/mol. The molecule has 0 radical (unpaired) electrons. The van der Waals surface area contributed by atoms with Crippen molar-refractivity contribution in [3.05, 3.63) is 193 Å². The fraction of sp³-hybridized carbons (Fsp3) is 0.0545. The molecule has 0 atom stereocenters. The molecule has 59 heavy (non-hydrogen) atoms. The molecule has 0 bridgehead atoms. The first-order valence-electron chi connectivity index (χ1n) is 20.4. The Morgan fingerprint density at radius 1 is 0.424 bits per heavy atom. The van der Waals surface area contributed by atoms with Gasteiger partial charge in [-0.25, -0.2) is 9.97 Å². The van der Waals surface area contributed by atoms with Gasteiger partial charge >= 0.3 is 0 Å². The molecule has 4 nitrogen and oxygen atoms in total. The third-order valence-corrected chi connectivity index (χ3v) is 13.1. The number of hydrogen-bond acceptors (Lipinski definition) is 2. The van der Waals surface area contributed by atoms with E-state index in [4.69, 9.17) is 9.97 Å². The minimum atomic E-state index is -0.207. The van der Waals surface area contributed by atoms with Crippen LogP contribution < -0.4 is 0 Å². The van der Waals surface area contributed by atoms with Crippen LogP contribution in [0.5, 0.6) is 0 Å². The lowest BCUT2D eigenvalue weighted by molar-refractivity contribution is 0.667. The molecule has 0 spiro atoms. The average Bonchev–Trinajstić information content (AvgIpc) is 3.87. The molecule has 0 saturated carbocycles. The van der Waals surface area contributed by atoms with Crippen molar-refractivity contribution < 1.29 is 0 Å². The van der Waals surface area contributed by atoms with Gasteiger partial charge in [0, 0.05) is 49.6 Å².